The lowest BCUT2D eigenvalue weighted by Gasteiger charge is -2.13. The number of carbonyl (C=O) groups is 2. The molecule has 5 rings (SSSR count). The molecule has 0 saturated heterocycles. The maximum atomic E-state index is 12.7. The quantitative estimate of drug-likeness (QED) is 0.233. The Morgan fingerprint density at radius 2 is 1.72 bits per heavy atom. The molecule has 3 aromatic heterocycles. The number of carboxylic acid groups (broad SMARTS) is 1. The Kier molecular flexibility index (Phi) is 6.78. The monoisotopic (exact) mass is 539 g/mol. The van der Waals surface area contributed by atoms with Gasteiger partial charge in [-0.05, 0) is 60.4 Å². The van der Waals surface area contributed by atoms with E-state index in [2.05, 4.69) is 52.1 Å². The number of carbonyl (C=O) groups excluding carboxylic acids is 1. The van der Waals surface area contributed by atoms with E-state index in [1.807, 2.05) is 31.2 Å². The van der Waals surface area contributed by atoms with Crippen LogP contribution in [0.5, 0.6) is 0 Å². The molecule has 0 aliphatic carbocycles. The second-order valence-electron chi connectivity index (χ2n) is 10.6. The maximum absolute atomic E-state index is 12.7. The van der Waals surface area contributed by atoms with E-state index in [1.165, 1.54) is 17.7 Å². The first-order chi connectivity index (χ1) is 18.5. The Hall–Kier alpha value is -4.37. The second-order valence-corrected chi connectivity index (χ2v) is 11.6. The molecule has 8 nitrogen and oxygen atoms in total. The highest BCUT2D eigenvalue weighted by atomic mass is 32.1. The van der Waals surface area contributed by atoms with Gasteiger partial charge < -0.3 is 15.4 Å². The van der Waals surface area contributed by atoms with Crippen molar-refractivity contribution in [2.45, 2.75) is 46.6 Å². The Bertz CT molecular complexity index is 1730. The number of nitrogens with zero attached hydrogens (tertiary/aromatic N) is 3. The summed E-state index contributed by atoms with van der Waals surface area (Å²) in [6.07, 6.45) is 3.17. The molecule has 0 bridgehead atoms. The fourth-order valence-corrected chi connectivity index (χ4v) is 5.32. The normalized spacial score (nSPS) is 11.6. The lowest BCUT2D eigenvalue weighted by Crippen LogP contribution is -2.22. The van der Waals surface area contributed by atoms with Crippen molar-refractivity contribution in [1.82, 2.24) is 25.3 Å². The van der Waals surface area contributed by atoms with E-state index in [1.54, 1.807) is 25.3 Å². The molecule has 0 aliphatic rings. The first kappa shape index (κ1) is 26.2. The summed E-state index contributed by atoms with van der Waals surface area (Å²) in [4.78, 5) is 41.4. The third-order valence-electron chi connectivity index (χ3n) is 6.62. The zero-order valence-corrected chi connectivity index (χ0v) is 23.2. The predicted octanol–water partition coefficient (Wildman–Crippen LogP) is 6.29. The van der Waals surface area contributed by atoms with E-state index in [9.17, 15) is 14.7 Å². The van der Waals surface area contributed by atoms with Gasteiger partial charge in [-0.3, -0.25) is 4.79 Å². The third-order valence-corrected chi connectivity index (χ3v) is 8.04. The van der Waals surface area contributed by atoms with E-state index >= 15 is 0 Å². The van der Waals surface area contributed by atoms with Crippen LogP contribution in [0.4, 0.5) is 0 Å². The smallest absolute Gasteiger partial charge is 0.335 e. The number of fused-ring (bicyclic) bond motifs is 1. The molecule has 9 heteroatoms. The highest BCUT2D eigenvalue weighted by molar-refractivity contribution is 7.13. The Morgan fingerprint density at radius 1 is 0.974 bits per heavy atom. The summed E-state index contributed by atoms with van der Waals surface area (Å²) in [6.45, 7) is 10.5. The van der Waals surface area contributed by atoms with Gasteiger partial charge in [-0.25, -0.2) is 19.7 Å². The number of thiazole rings is 1. The van der Waals surface area contributed by atoms with Crippen LogP contribution in [0, 0.1) is 13.8 Å². The number of carboxylic acids is 1. The minimum atomic E-state index is -0.944. The number of hydrogen-bond acceptors (Lipinski definition) is 6. The van der Waals surface area contributed by atoms with Gasteiger partial charge in [0.2, 0.25) is 0 Å². The molecule has 0 fully saturated rings. The fourth-order valence-electron chi connectivity index (χ4n) is 4.43. The van der Waals surface area contributed by atoms with Crippen molar-refractivity contribution in [1.29, 1.82) is 0 Å². The van der Waals surface area contributed by atoms with E-state index in [-0.39, 0.29) is 16.9 Å². The number of nitrogens with one attached hydrogen (secondary N) is 2. The van der Waals surface area contributed by atoms with Gasteiger partial charge in [0.15, 0.2) is 0 Å². The number of benzene rings is 2. The van der Waals surface area contributed by atoms with E-state index in [0.717, 1.165) is 44.0 Å². The van der Waals surface area contributed by atoms with Gasteiger partial charge in [0.1, 0.15) is 16.9 Å². The van der Waals surface area contributed by atoms with Crippen molar-refractivity contribution in [3.63, 3.8) is 0 Å². The van der Waals surface area contributed by atoms with Crippen molar-refractivity contribution in [3.8, 4) is 22.5 Å². The highest BCUT2D eigenvalue weighted by Gasteiger charge is 2.20. The molecule has 5 aromatic rings. The van der Waals surface area contributed by atoms with Crippen molar-refractivity contribution < 1.29 is 14.7 Å². The molecule has 1 amide bonds. The van der Waals surface area contributed by atoms with Gasteiger partial charge in [0.05, 0.1) is 22.5 Å². The van der Waals surface area contributed by atoms with Gasteiger partial charge >= 0.3 is 5.97 Å². The van der Waals surface area contributed by atoms with Crippen molar-refractivity contribution in [2.75, 3.05) is 0 Å². The van der Waals surface area contributed by atoms with Gasteiger partial charge in [-0.2, -0.15) is 0 Å². The number of H-pyrrole nitrogens is 1. The molecule has 0 spiro atoms. The number of amides is 1. The third kappa shape index (κ3) is 5.31. The molecular formula is C30H29N5O3S. The maximum Gasteiger partial charge on any atom is 0.335 e. The summed E-state index contributed by atoms with van der Waals surface area (Å²) in [5, 5.41) is 14.2. The largest absolute Gasteiger partial charge is 0.478 e. The summed E-state index contributed by atoms with van der Waals surface area (Å²) >= 11 is 1.42. The minimum Gasteiger partial charge on any atom is -0.478 e. The Balaban J connectivity index is 1.37. The fraction of sp³-hybridized carbons (Fsp3) is 0.233. The van der Waals surface area contributed by atoms with Crippen LogP contribution < -0.4 is 5.32 Å². The molecule has 0 unspecified atom stereocenters. The Labute approximate surface area is 230 Å². The van der Waals surface area contributed by atoms with Crippen LogP contribution in [0.2, 0.25) is 0 Å². The first-order valence-corrected chi connectivity index (χ1v) is 13.4. The van der Waals surface area contributed by atoms with E-state index in [4.69, 9.17) is 0 Å². The molecule has 198 valence electrons. The average molecular weight is 540 g/mol. The molecule has 39 heavy (non-hydrogen) atoms. The van der Waals surface area contributed by atoms with Gasteiger partial charge in [0, 0.05) is 28.6 Å². The molecule has 0 aliphatic heterocycles. The summed E-state index contributed by atoms with van der Waals surface area (Å²) in [6, 6.07) is 13.3. The van der Waals surface area contributed by atoms with Gasteiger partial charge in [0.25, 0.3) is 5.91 Å². The minimum absolute atomic E-state index is 0.0911. The van der Waals surface area contributed by atoms with Crippen molar-refractivity contribution in [2.24, 2.45) is 0 Å². The van der Waals surface area contributed by atoms with Crippen LogP contribution in [0.25, 0.3) is 33.5 Å². The highest BCUT2D eigenvalue weighted by Crippen LogP contribution is 2.32. The summed E-state index contributed by atoms with van der Waals surface area (Å²) < 4.78 is 0. The average Bonchev–Trinajstić information content (AvgIpc) is 3.55. The van der Waals surface area contributed by atoms with Crippen LogP contribution in [0.15, 0.2) is 55.0 Å². The molecule has 0 saturated carbocycles. The lowest BCUT2D eigenvalue weighted by molar-refractivity contribution is 0.0696. The Morgan fingerprint density at radius 3 is 2.38 bits per heavy atom. The molecule has 2 aromatic carbocycles. The van der Waals surface area contributed by atoms with Crippen LogP contribution in [0.3, 0.4) is 0 Å². The zero-order valence-electron chi connectivity index (χ0n) is 22.4. The summed E-state index contributed by atoms with van der Waals surface area (Å²) in [5.74, 6) is -1.07. The van der Waals surface area contributed by atoms with Crippen LogP contribution in [-0.2, 0) is 12.0 Å². The number of hydrogen-bond donors (Lipinski definition) is 3. The van der Waals surface area contributed by atoms with E-state index in [0.29, 0.717) is 22.6 Å². The van der Waals surface area contributed by atoms with Gasteiger partial charge in [-0.15, -0.1) is 11.3 Å². The number of aromatic amines is 1. The summed E-state index contributed by atoms with van der Waals surface area (Å²) in [5.41, 5.74) is 7.07. The second kappa shape index (κ2) is 10.1. The number of aromatic carboxylic acids is 1. The summed E-state index contributed by atoms with van der Waals surface area (Å²) in [7, 11) is 0. The predicted molar refractivity (Wildman–Crippen MR) is 153 cm³/mol. The van der Waals surface area contributed by atoms with Crippen molar-refractivity contribution >= 4 is 34.2 Å². The number of aromatic nitrogens is 4. The van der Waals surface area contributed by atoms with Crippen molar-refractivity contribution in [3.05, 3.63) is 87.1 Å². The van der Waals surface area contributed by atoms with Crippen LogP contribution in [-0.4, -0.2) is 36.9 Å². The number of rotatable bonds is 6. The van der Waals surface area contributed by atoms with Crippen LogP contribution in [0.1, 0.15) is 62.5 Å². The van der Waals surface area contributed by atoms with E-state index < -0.39 is 5.97 Å². The lowest BCUT2D eigenvalue weighted by atomic mass is 9.98. The van der Waals surface area contributed by atoms with Gasteiger partial charge in [-0.1, -0.05) is 39.0 Å². The zero-order chi connectivity index (χ0) is 27.9. The topological polar surface area (TPSA) is 121 Å². The van der Waals surface area contributed by atoms with Crippen LogP contribution >= 0.6 is 11.3 Å². The molecule has 0 atom stereocenters. The first-order valence-electron chi connectivity index (χ1n) is 12.5. The standard InChI is InChI=1S/C30H29N5O3S/c1-16-10-19(6-7-20(16)13-31-27(36)24-14-32-29(39-24)30(3,4)5)25-22-12-23(35-26(22)34-15-33-25)18-8-9-21(28(37)38)17(2)11-18/h6-12,14-15H,13H2,1-5H3,(H,31,36)(H,37,38)(H,33,34,35). The molecule has 0 radical (unpaired) electrons. The molecular weight excluding hydrogens is 510 g/mol. The molecule has 3 heterocycles. The molecule has 3 N–H and O–H groups in total. The number of aryl methyl sites for hydroxylation is 2. The SMILES string of the molecule is Cc1cc(-c2ncnc3[nH]c(-c4ccc(C(=O)O)c(C)c4)cc23)ccc1CNC(=O)c1cnc(C(C)(C)C)s1.